The summed E-state index contributed by atoms with van der Waals surface area (Å²) < 4.78 is 2.72. The standard InChI is InChI=1S/C7H5BrN4S3/c1-13-6-11-12-7(15-6)14-5-4(8)2-9-3-10-5/h2-3H,1H3. The molecule has 0 unspecified atom stereocenters. The zero-order valence-corrected chi connectivity index (χ0v) is 11.6. The van der Waals surface area contributed by atoms with Gasteiger partial charge in [-0.3, -0.25) is 0 Å². The van der Waals surface area contributed by atoms with Crippen molar-refractivity contribution < 1.29 is 0 Å². The number of rotatable bonds is 3. The summed E-state index contributed by atoms with van der Waals surface area (Å²) in [4.78, 5) is 8.05. The Morgan fingerprint density at radius 3 is 2.80 bits per heavy atom. The van der Waals surface area contributed by atoms with Crippen LogP contribution in [0, 0.1) is 0 Å². The molecule has 0 bridgehead atoms. The van der Waals surface area contributed by atoms with Crippen LogP contribution >= 0.6 is 50.8 Å². The average molecular weight is 321 g/mol. The van der Waals surface area contributed by atoms with Crippen LogP contribution in [-0.2, 0) is 0 Å². The molecule has 0 radical (unpaired) electrons. The lowest BCUT2D eigenvalue weighted by Gasteiger charge is -1.96. The average Bonchev–Trinajstić information content (AvgIpc) is 2.69. The Bertz CT molecular complexity index is 461. The highest BCUT2D eigenvalue weighted by molar-refractivity contribution is 9.10. The molecule has 2 heterocycles. The fraction of sp³-hybridized carbons (Fsp3) is 0.143. The van der Waals surface area contributed by atoms with Gasteiger partial charge in [0.15, 0.2) is 8.68 Å². The van der Waals surface area contributed by atoms with Crippen LogP contribution in [-0.4, -0.2) is 26.4 Å². The van der Waals surface area contributed by atoms with Crippen LogP contribution in [0.4, 0.5) is 0 Å². The van der Waals surface area contributed by atoms with E-state index in [9.17, 15) is 0 Å². The molecule has 0 saturated carbocycles. The third kappa shape index (κ3) is 2.90. The largest absolute Gasteiger partial charge is 0.244 e. The van der Waals surface area contributed by atoms with Crippen LogP contribution in [0.5, 0.6) is 0 Å². The maximum Gasteiger partial charge on any atom is 0.181 e. The second-order valence-corrected chi connectivity index (χ2v) is 6.44. The van der Waals surface area contributed by atoms with Gasteiger partial charge in [0.2, 0.25) is 0 Å². The maximum atomic E-state index is 4.15. The first-order chi connectivity index (χ1) is 7.29. The first-order valence-electron chi connectivity index (χ1n) is 3.80. The second-order valence-electron chi connectivity index (χ2n) is 2.32. The van der Waals surface area contributed by atoms with E-state index in [1.807, 2.05) is 6.26 Å². The summed E-state index contributed by atoms with van der Waals surface area (Å²) in [5.74, 6) is 0. The lowest BCUT2D eigenvalue weighted by atomic mass is 10.7. The SMILES string of the molecule is CSc1nnc(Sc2ncncc2Br)s1. The summed E-state index contributed by atoms with van der Waals surface area (Å²) in [6, 6.07) is 0. The van der Waals surface area contributed by atoms with Crippen molar-refractivity contribution in [2.45, 2.75) is 13.7 Å². The first kappa shape index (κ1) is 11.3. The van der Waals surface area contributed by atoms with E-state index < -0.39 is 0 Å². The van der Waals surface area contributed by atoms with Crippen LogP contribution < -0.4 is 0 Å². The summed E-state index contributed by atoms with van der Waals surface area (Å²) in [7, 11) is 0. The van der Waals surface area contributed by atoms with E-state index in [4.69, 9.17) is 0 Å². The van der Waals surface area contributed by atoms with Crippen LogP contribution in [0.25, 0.3) is 0 Å². The molecule has 0 aromatic carbocycles. The second kappa shape index (κ2) is 5.24. The van der Waals surface area contributed by atoms with Gasteiger partial charge in [-0.1, -0.05) is 23.1 Å². The molecular formula is C7H5BrN4S3. The Morgan fingerprint density at radius 1 is 1.33 bits per heavy atom. The number of hydrogen-bond donors (Lipinski definition) is 0. The predicted octanol–water partition coefficient (Wildman–Crippen LogP) is 2.96. The van der Waals surface area contributed by atoms with Crippen molar-refractivity contribution in [2.24, 2.45) is 0 Å². The normalized spacial score (nSPS) is 10.5. The lowest BCUT2D eigenvalue weighted by molar-refractivity contribution is 0.950. The highest BCUT2D eigenvalue weighted by Gasteiger charge is 2.08. The molecule has 0 aliphatic heterocycles. The highest BCUT2D eigenvalue weighted by atomic mass is 79.9. The number of aromatic nitrogens is 4. The topological polar surface area (TPSA) is 51.6 Å². The fourth-order valence-electron chi connectivity index (χ4n) is 0.780. The molecule has 0 saturated heterocycles. The van der Waals surface area contributed by atoms with Crippen molar-refractivity contribution in [1.82, 2.24) is 20.2 Å². The molecule has 0 aliphatic rings. The van der Waals surface area contributed by atoms with Crippen molar-refractivity contribution >= 4 is 50.8 Å². The molecule has 0 fully saturated rings. The molecular weight excluding hydrogens is 316 g/mol. The molecule has 2 aromatic heterocycles. The molecule has 4 nitrogen and oxygen atoms in total. The Morgan fingerprint density at radius 2 is 2.13 bits per heavy atom. The molecule has 2 rings (SSSR count). The number of thioether (sulfide) groups is 1. The van der Waals surface area contributed by atoms with Gasteiger partial charge in [-0.15, -0.1) is 10.2 Å². The van der Waals surface area contributed by atoms with Crippen molar-refractivity contribution in [3.8, 4) is 0 Å². The molecule has 15 heavy (non-hydrogen) atoms. The van der Waals surface area contributed by atoms with Crippen molar-refractivity contribution in [2.75, 3.05) is 6.26 Å². The highest BCUT2D eigenvalue weighted by Crippen LogP contribution is 2.34. The Kier molecular flexibility index (Phi) is 3.95. The van der Waals surface area contributed by atoms with Gasteiger partial charge in [-0.2, -0.15) is 0 Å². The Balaban J connectivity index is 2.18. The van der Waals surface area contributed by atoms with Gasteiger partial charge in [-0.25, -0.2) is 9.97 Å². The van der Waals surface area contributed by atoms with Crippen LogP contribution in [0.3, 0.4) is 0 Å². The first-order valence-corrected chi connectivity index (χ1v) is 7.45. The number of nitrogens with zero attached hydrogens (tertiary/aromatic N) is 4. The number of hydrogen-bond acceptors (Lipinski definition) is 7. The Hall–Kier alpha value is -0.180. The molecule has 0 spiro atoms. The third-order valence-electron chi connectivity index (χ3n) is 1.38. The fourth-order valence-corrected chi connectivity index (χ4v) is 3.54. The summed E-state index contributed by atoms with van der Waals surface area (Å²) in [5, 5.41) is 8.92. The lowest BCUT2D eigenvalue weighted by Crippen LogP contribution is -1.83. The minimum atomic E-state index is 0.855. The minimum Gasteiger partial charge on any atom is -0.244 e. The summed E-state index contributed by atoms with van der Waals surface area (Å²) in [5.41, 5.74) is 0. The van der Waals surface area contributed by atoms with Crippen LogP contribution in [0.1, 0.15) is 0 Å². The van der Waals surface area contributed by atoms with Crippen molar-refractivity contribution in [1.29, 1.82) is 0 Å². The molecule has 0 N–H and O–H groups in total. The van der Waals surface area contributed by atoms with E-state index in [2.05, 4.69) is 36.1 Å². The zero-order chi connectivity index (χ0) is 10.7. The van der Waals surface area contributed by atoms with E-state index in [0.29, 0.717) is 0 Å². The third-order valence-corrected chi connectivity index (χ3v) is 5.19. The molecule has 2 aromatic rings. The van der Waals surface area contributed by atoms with E-state index >= 15 is 0 Å². The van der Waals surface area contributed by atoms with Gasteiger partial charge < -0.3 is 0 Å². The minimum absolute atomic E-state index is 0.855. The molecule has 8 heteroatoms. The van der Waals surface area contributed by atoms with E-state index in [0.717, 1.165) is 18.2 Å². The van der Waals surface area contributed by atoms with Gasteiger partial charge in [0.1, 0.15) is 11.4 Å². The molecule has 0 amide bonds. The Labute approximate surface area is 107 Å². The van der Waals surface area contributed by atoms with Gasteiger partial charge >= 0.3 is 0 Å². The van der Waals surface area contributed by atoms with E-state index in [1.54, 1.807) is 29.3 Å². The summed E-state index contributed by atoms with van der Waals surface area (Å²) >= 11 is 8.02. The maximum absolute atomic E-state index is 4.15. The summed E-state index contributed by atoms with van der Waals surface area (Å²) in [6.07, 6.45) is 5.21. The quantitative estimate of drug-likeness (QED) is 0.640. The van der Waals surface area contributed by atoms with Crippen molar-refractivity contribution in [3.63, 3.8) is 0 Å². The molecule has 0 atom stereocenters. The van der Waals surface area contributed by atoms with Gasteiger partial charge in [0.25, 0.3) is 0 Å². The van der Waals surface area contributed by atoms with Gasteiger partial charge in [0, 0.05) is 6.20 Å². The van der Waals surface area contributed by atoms with Crippen LogP contribution in [0.2, 0.25) is 0 Å². The van der Waals surface area contributed by atoms with Crippen molar-refractivity contribution in [3.05, 3.63) is 17.0 Å². The molecule has 78 valence electrons. The molecule has 0 aliphatic carbocycles. The van der Waals surface area contributed by atoms with Gasteiger partial charge in [-0.05, 0) is 33.9 Å². The van der Waals surface area contributed by atoms with Gasteiger partial charge in [0.05, 0.1) is 4.47 Å². The number of halogens is 1. The monoisotopic (exact) mass is 320 g/mol. The smallest absolute Gasteiger partial charge is 0.181 e. The zero-order valence-electron chi connectivity index (χ0n) is 7.55. The van der Waals surface area contributed by atoms with E-state index in [-0.39, 0.29) is 0 Å². The van der Waals surface area contributed by atoms with Crippen LogP contribution in [0.15, 0.2) is 30.7 Å². The summed E-state index contributed by atoms with van der Waals surface area (Å²) in [6.45, 7) is 0. The predicted molar refractivity (Wildman–Crippen MR) is 65.5 cm³/mol. The van der Waals surface area contributed by atoms with E-state index in [1.165, 1.54) is 18.1 Å².